The third kappa shape index (κ3) is 4.92. The molecule has 134 valence electrons. The number of nitrogens with one attached hydrogen (secondary N) is 1. The lowest BCUT2D eigenvalue weighted by Gasteiger charge is -2.08. The van der Waals surface area contributed by atoms with Crippen LogP contribution in [-0.2, 0) is 14.3 Å². The first-order valence-electron chi connectivity index (χ1n) is 8.63. The summed E-state index contributed by atoms with van der Waals surface area (Å²) in [5, 5.41) is 3.17. The van der Waals surface area contributed by atoms with E-state index in [1.54, 1.807) is 0 Å². The van der Waals surface area contributed by atoms with Crippen molar-refractivity contribution in [1.82, 2.24) is 4.98 Å². The zero-order valence-electron chi connectivity index (χ0n) is 14.2. The number of ether oxygens (including phenoxy) is 2. The molecule has 1 aliphatic carbocycles. The molecule has 2 aromatic rings. The third-order valence-corrected chi connectivity index (χ3v) is 5.15. The largest absolute Gasteiger partial charge is 0.494 e. The number of hydrogen-bond acceptors (Lipinski definition) is 6. The molecule has 1 amide bonds. The SMILES string of the molecule is CCOc1ccc2nc(NC(=O)COC(=O)CC3CCCC3)sc2c1. The fourth-order valence-electron chi connectivity index (χ4n) is 3.03. The van der Waals surface area contributed by atoms with Crippen molar-refractivity contribution < 1.29 is 19.1 Å². The summed E-state index contributed by atoms with van der Waals surface area (Å²) in [6, 6.07) is 5.60. The average molecular weight is 362 g/mol. The van der Waals surface area contributed by atoms with Gasteiger partial charge in [0.15, 0.2) is 11.7 Å². The van der Waals surface area contributed by atoms with E-state index in [9.17, 15) is 9.59 Å². The molecule has 3 rings (SSSR count). The highest BCUT2D eigenvalue weighted by Gasteiger charge is 2.20. The predicted octanol–water partition coefficient (Wildman–Crippen LogP) is 3.76. The van der Waals surface area contributed by atoms with Crippen molar-refractivity contribution in [3.8, 4) is 5.75 Å². The van der Waals surface area contributed by atoms with Crippen molar-refractivity contribution >= 4 is 38.6 Å². The summed E-state index contributed by atoms with van der Waals surface area (Å²) in [5.41, 5.74) is 0.794. The second-order valence-electron chi connectivity index (χ2n) is 6.15. The van der Waals surface area contributed by atoms with E-state index in [2.05, 4.69) is 10.3 Å². The van der Waals surface area contributed by atoms with Crippen LogP contribution in [0.25, 0.3) is 10.2 Å². The first-order valence-corrected chi connectivity index (χ1v) is 9.44. The van der Waals surface area contributed by atoms with Crippen molar-refractivity contribution in [2.45, 2.75) is 39.0 Å². The topological polar surface area (TPSA) is 77.5 Å². The second-order valence-corrected chi connectivity index (χ2v) is 7.18. The molecule has 0 spiro atoms. The Balaban J connectivity index is 1.50. The van der Waals surface area contributed by atoms with Crippen LogP contribution in [-0.4, -0.2) is 30.1 Å². The lowest BCUT2D eigenvalue weighted by Crippen LogP contribution is -2.21. The van der Waals surface area contributed by atoms with E-state index in [1.165, 1.54) is 24.2 Å². The molecule has 0 unspecified atom stereocenters. The van der Waals surface area contributed by atoms with Gasteiger partial charge in [-0.2, -0.15) is 0 Å². The number of thiazole rings is 1. The summed E-state index contributed by atoms with van der Waals surface area (Å²) in [6.07, 6.45) is 4.93. The fourth-order valence-corrected chi connectivity index (χ4v) is 3.94. The van der Waals surface area contributed by atoms with Crippen LogP contribution in [0.4, 0.5) is 5.13 Å². The number of anilines is 1. The van der Waals surface area contributed by atoms with Crippen molar-refractivity contribution in [2.75, 3.05) is 18.5 Å². The summed E-state index contributed by atoms with van der Waals surface area (Å²) in [7, 11) is 0. The molecule has 1 aliphatic rings. The number of rotatable bonds is 7. The molecule has 1 fully saturated rings. The summed E-state index contributed by atoms with van der Waals surface area (Å²) in [5.74, 6) is 0.522. The second kappa shape index (κ2) is 8.29. The van der Waals surface area contributed by atoms with Gasteiger partial charge in [-0.15, -0.1) is 0 Å². The van der Waals surface area contributed by atoms with Crippen molar-refractivity contribution in [3.63, 3.8) is 0 Å². The van der Waals surface area contributed by atoms with Crippen LogP contribution in [0.2, 0.25) is 0 Å². The zero-order valence-corrected chi connectivity index (χ0v) is 15.1. The van der Waals surface area contributed by atoms with E-state index in [4.69, 9.17) is 9.47 Å². The highest BCUT2D eigenvalue weighted by Crippen LogP contribution is 2.29. The number of carbonyl (C=O) groups excluding carboxylic acids is 2. The van der Waals surface area contributed by atoms with Gasteiger partial charge in [-0.3, -0.25) is 14.9 Å². The molecule has 0 radical (unpaired) electrons. The minimum Gasteiger partial charge on any atom is -0.494 e. The highest BCUT2D eigenvalue weighted by atomic mass is 32.1. The summed E-state index contributed by atoms with van der Waals surface area (Å²) in [6.45, 7) is 2.25. The first-order chi connectivity index (χ1) is 12.1. The Labute approximate surface area is 150 Å². The van der Waals surface area contributed by atoms with Crippen LogP contribution in [0.15, 0.2) is 18.2 Å². The Kier molecular flexibility index (Phi) is 5.86. The fraction of sp³-hybridized carbons (Fsp3) is 0.500. The smallest absolute Gasteiger partial charge is 0.306 e. The van der Waals surface area contributed by atoms with E-state index in [0.717, 1.165) is 28.8 Å². The number of nitrogens with zero attached hydrogens (tertiary/aromatic N) is 1. The van der Waals surface area contributed by atoms with Gasteiger partial charge in [-0.1, -0.05) is 24.2 Å². The monoisotopic (exact) mass is 362 g/mol. The van der Waals surface area contributed by atoms with Gasteiger partial charge in [0.25, 0.3) is 5.91 Å². The molecule has 7 heteroatoms. The Hall–Kier alpha value is -2.15. The van der Waals surface area contributed by atoms with Gasteiger partial charge < -0.3 is 9.47 Å². The molecule has 0 bridgehead atoms. The zero-order chi connectivity index (χ0) is 17.6. The molecule has 1 heterocycles. The van der Waals surface area contributed by atoms with Gasteiger partial charge in [0.05, 0.1) is 16.8 Å². The van der Waals surface area contributed by atoms with E-state index in [1.807, 2.05) is 25.1 Å². The first kappa shape index (κ1) is 17.7. The van der Waals surface area contributed by atoms with E-state index < -0.39 is 0 Å². The highest BCUT2D eigenvalue weighted by molar-refractivity contribution is 7.22. The molecule has 6 nitrogen and oxygen atoms in total. The van der Waals surface area contributed by atoms with Crippen LogP contribution >= 0.6 is 11.3 Å². The Morgan fingerprint density at radius 2 is 2.12 bits per heavy atom. The van der Waals surface area contributed by atoms with Gasteiger partial charge >= 0.3 is 5.97 Å². The number of amides is 1. The molecular formula is C18H22N2O4S. The summed E-state index contributed by atoms with van der Waals surface area (Å²) in [4.78, 5) is 28.1. The summed E-state index contributed by atoms with van der Waals surface area (Å²) < 4.78 is 11.5. The minimum atomic E-state index is -0.371. The maximum absolute atomic E-state index is 12.0. The van der Waals surface area contributed by atoms with Crippen LogP contribution in [0, 0.1) is 5.92 Å². The minimum absolute atomic E-state index is 0.272. The lowest BCUT2D eigenvalue weighted by molar-refractivity contribution is -0.148. The van der Waals surface area contributed by atoms with Gasteiger partial charge in [0.2, 0.25) is 0 Å². The number of aromatic nitrogens is 1. The van der Waals surface area contributed by atoms with Crippen LogP contribution in [0.5, 0.6) is 5.75 Å². The molecule has 0 atom stereocenters. The van der Waals surface area contributed by atoms with Crippen molar-refractivity contribution in [3.05, 3.63) is 18.2 Å². The van der Waals surface area contributed by atoms with Crippen LogP contribution in [0.1, 0.15) is 39.0 Å². The van der Waals surface area contributed by atoms with Gasteiger partial charge in [-0.05, 0) is 43.9 Å². The number of carbonyl (C=O) groups is 2. The normalized spacial score (nSPS) is 14.6. The quantitative estimate of drug-likeness (QED) is 0.759. The van der Waals surface area contributed by atoms with E-state index in [0.29, 0.717) is 24.1 Å². The Morgan fingerprint density at radius 3 is 2.88 bits per heavy atom. The predicted molar refractivity (Wildman–Crippen MR) is 97.0 cm³/mol. The summed E-state index contributed by atoms with van der Waals surface area (Å²) >= 11 is 1.36. The third-order valence-electron chi connectivity index (χ3n) is 4.21. The van der Waals surface area contributed by atoms with Gasteiger partial charge in [-0.25, -0.2) is 4.98 Å². The van der Waals surface area contributed by atoms with E-state index in [-0.39, 0.29) is 18.5 Å². The van der Waals surface area contributed by atoms with E-state index >= 15 is 0 Å². The van der Waals surface area contributed by atoms with Gasteiger partial charge in [0.1, 0.15) is 5.75 Å². The van der Waals surface area contributed by atoms with Crippen molar-refractivity contribution in [2.24, 2.45) is 5.92 Å². The van der Waals surface area contributed by atoms with Crippen molar-refractivity contribution in [1.29, 1.82) is 0 Å². The molecule has 1 aromatic carbocycles. The lowest BCUT2D eigenvalue weighted by atomic mass is 10.1. The number of fused-ring (bicyclic) bond motifs is 1. The molecule has 1 saturated carbocycles. The average Bonchev–Trinajstić information content (AvgIpc) is 3.22. The Bertz CT molecular complexity index is 753. The number of esters is 1. The molecule has 25 heavy (non-hydrogen) atoms. The standard InChI is InChI=1S/C18H22N2O4S/c1-2-23-13-7-8-14-15(10-13)25-18(19-14)20-16(21)11-24-17(22)9-12-5-3-4-6-12/h7-8,10,12H,2-6,9,11H2,1H3,(H,19,20,21). The van der Waals surface area contributed by atoms with Crippen LogP contribution in [0.3, 0.4) is 0 Å². The molecule has 1 N–H and O–H groups in total. The molecular weight excluding hydrogens is 340 g/mol. The maximum Gasteiger partial charge on any atom is 0.306 e. The molecule has 1 aromatic heterocycles. The number of benzene rings is 1. The Morgan fingerprint density at radius 1 is 1.32 bits per heavy atom. The maximum atomic E-state index is 12.0. The number of hydrogen-bond donors (Lipinski definition) is 1. The molecule has 0 saturated heterocycles. The molecule has 0 aliphatic heterocycles. The van der Waals surface area contributed by atoms with Crippen LogP contribution < -0.4 is 10.1 Å². The van der Waals surface area contributed by atoms with Gasteiger partial charge in [0, 0.05) is 6.42 Å².